The zero-order valence-corrected chi connectivity index (χ0v) is 22.0. The zero-order chi connectivity index (χ0) is 27.0. The highest BCUT2D eigenvalue weighted by atomic mass is 19.1. The van der Waals surface area contributed by atoms with Gasteiger partial charge in [0.25, 0.3) is 5.91 Å². The maximum absolute atomic E-state index is 14.9. The lowest BCUT2D eigenvalue weighted by atomic mass is 9.88. The first-order valence-corrected chi connectivity index (χ1v) is 12.6. The summed E-state index contributed by atoms with van der Waals surface area (Å²) in [5.74, 6) is -0.114. The molecule has 3 aromatic heterocycles. The smallest absolute Gasteiger partial charge is 0.253 e. The van der Waals surface area contributed by atoms with E-state index in [2.05, 4.69) is 21.4 Å². The largest absolute Gasteiger partial charge is 0.373 e. The number of aryl methyl sites for hydroxylation is 1. The topological polar surface area (TPSA) is 83.4 Å². The number of nitrogens with one attached hydrogen (secondary N) is 1. The van der Waals surface area contributed by atoms with Crippen LogP contribution in [0.25, 0.3) is 22.2 Å². The highest BCUT2D eigenvalue weighted by Gasteiger charge is 2.29. The van der Waals surface area contributed by atoms with Crippen molar-refractivity contribution in [3.8, 4) is 11.1 Å². The fourth-order valence-corrected chi connectivity index (χ4v) is 5.13. The number of fused-ring (bicyclic) bond motifs is 1. The number of hydrogen-bond acceptors (Lipinski definition) is 5. The Kier molecular flexibility index (Phi) is 6.84. The molecule has 1 N–H and O–H groups in total. The van der Waals surface area contributed by atoms with Crippen LogP contribution in [-0.4, -0.2) is 63.8 Å². The molecule has 5 rings (SSSR count). The predicted molar refractivity (Wildman–Crippen MR) is 145 cm³/mol. The first-order chi connectivity index (χ1) is 18.3. The summed E-state index contributed by atoms with van der Waals surface area (Å²) in [6, 6.07) is 12.6. The molecular formula is C29H31FN6O2. The van der Waals surface area contributed by atoms with E-state index in [1.807, 2.05) is 48.0 Å². The lowest BCUT2D eigenvalue weighted by Crippen LogP contribution is -2.38. The summed E-state index contributed by atoms with van der Waals surface area (Å²) in [7, 11) is 7.06. The average molecular weight is 515 g/mol. The molecular weight excluding hydrogens is 483 g/mol. The van der Waals surface area contributed by atoms with Crippen LogP contribution < -0.4 is 5.32 Å². The van der Waals surface area contributed by atoms with E-state index in [1.54, 1.807) is 32.4 Å². The quantitative estimate of drug-likeness (QED) is 0.412. The molecule has 0 radical (unpaired) electrons. The van der Waals surface area contributed by atoms with Gasteiger partial charge in [-0.3, -0.25) is 9.59 Å². The van der Waals surface area contributed by atoms with Crippen LogP contribution in [0.3, 0.4) is 0 Å². The summed E-state index contributed by atoms with van der Waals surface area (Å²) in [6.07, 6.45) is 4.51. The third kappa shape index (κ3) is 4.71. The van der Waals surface area contributed by atoms with Crippen molar-refractivity contribution >= 4 is 28.7 Å². The van der Waals surface area contributed by atoms with E-state index in [1.165, 1.54) is 11.0 Å². The minimum atomic E-state index is -0.437. The normalized spacial score (nSPS) is 15.7. The molecule has 2 amide bonds. The van der Waals surface area contributed by atoms with Crippen molar-refractivity contribution in [3.05, 3.63) is 77.5 Å². The molecule has 1 aliphatic rings. The minimum Gasteiger partial charge on any atom is -0.373 e. The molecule has 0 spiro atoms. The molecule has 0 unspecified atom stereocenters. The third-order valence-electron chi connectivity index (χ3n) is 7.33. The Bertz CT molecular complexity index is 1510. The highest BCUT2D eigenvalue weighted by molar-refractivity contribution is 5.94. The number of pyridine rings is 2. The van der Waals surface area contributed by atoms with Gasteiger partial charge in [0, 0.05) is 75.8 Å². The van der Waals surface area contributed by atoms with Gasteiger partial charge in [-0.25, -0.2) is 14.4 Å². The Morgan fingerprint density at radius 1 is 1.16 bits per heavy atom. The maximum Gasteiger partial charge on any atom is 0.253 e. The Morgan fingerprint density at radius 2 is 1.97 bits per heavy atom. The molecule has 8 nitrogen and oxygen atoms in total. The fourth-order valence-electron chi connectivity index (χ4n) is 5.13. The third-order valence-corrected chi connectivity index (χ3v) is 7.33. The van der Waals surface area contributed by atoms with Crippen molar-refractivity contribution in [2.45, 2.75) is 25.3 Å². The van der Waals surface area contributed by atoms with Gasteiger partial charge in [-0.05, 0) is 59.9 Å². The van der Waals surface area contributed by atoms with Crippen molar-refractivity contribution in [1.82, 2.24) is 24.3 Å². The average Bonchev–Trinajstić information content (AvgIpc) is 3.24. The molecule has 0 aliphatic carbocycles. The van der Waals surface area contributed by atoms with Crippen LogP contribution in [0.2, 0.25) is 0 Å². The molecule has 1 atom stereocenters. The summed E-state index contributed by atoms with van der Waals surface area (Å²) in [5, 5.41) is 4.03. The number of aromatic nitrogens is 3. The molecule has 38 heavy (non-hydrogen) atoms. The van der Waals surface area contributed by atoms with Crippen LogP contribution in [0.1, 0.15) is 40.4 Å². The van der Waals surface area contributed by atoms with Crippen LogP contribution in [-0.2, 0) is 18.4 Å². The standard InChI is InChI=1S/C29H31FN6O2/c1-31-26-8-6-20(16-33-26)22-9-11-32-28-24(22)15-21(35(28)4)17-36-12-10-18(14-27(36)37)23-7-5-19(13-25(23)30)29(38)34(2)3/h5-9,11,13,15-16,18H,10,12,14,17H2,1-4H3,(H,31,33)/t18-/m0/s1. The summed E-state index contributed by atoms with van der Waals surface area (Å²) >= 11 is 0. The van der Waals surface area contributed by atoms with Gasteiger partial charge in [-0.15, -0.1) is 0 Å². The van der Waals surface area contributed by atoms with Crippen molar-refractivity contribution in [2.75, 3.05) is 33.0 Å². The van der Waals surface area contributed by atoms with Crippen LogP contribution in [0.5, 0.6) is 0 Å². The number of benzene rings is 1. The van der Waals surface area contributed by atoms with Crippen molar-refractivity contribution in [3.63, 3.8) is 0 Å². The van der Waals surface area contributed by atoms with Crippen molar-refractivity contribution in [1.29, 1.82) is 0 Å². The van der Waals surface area contributed by atoms with Gasteiger partial charge in [0.05, 0.1) is 6.54 Å². The summed E-state index contributed by atoms with van der Waals surface area (Å²) < 4.78 is 16.9. The predicted octanol–water partition coefficient (Wildman–Crippen LogP) is 4.42. The summed E-state index contributed by atoms with van der Waals surface area (Å²) in [5.41, 5.74) is 4.63. The van der Waals surface area contributed by atoms with Gasteiger partial charge < -0.3 is 19.7 Å². The molecule has 1 saturated heterocycles. The van der Waals surface area contributed by atoms with Crippen LogP contribution in [0, 0.1) is 5.82 Å². The number of piperidine rings is 1. The van der Waals surface area contributed by atoms with E-state index in [9.17, 15) is 14.0 Å². The highest BCUT2D eigenvalue weighted by Crippen LogP contribution is 2.33. The van der Waals surface area contributed by atoms with E-state index in [-0.39, 0.29) is 24.2 Å². The van der Waals surface area contributed by atoms with Gasteiger partial charge >= 0.3 is 0 Å². The lowest BCUT2D eigenvalue weighted by Gasteiger charge is -2.32. The zero-order valence-electron chi connectivity index (χ0n) is 22.0. The SMILES string of the molecule is CNc1ccc(-c2ccnc3c2cc(CN2CC[C@H](c4ccc(C(=O)N(C)C)cc4F)CC2=O)n3C)cn1. The molecule has 196 valence electrons. The maximum atomic E-state index is 14.9. The van der Waals surface area contributed by atoms with Crippen LogP contribution >= 0.6 is 0 Å². The van der Waals surface area contributed by atoms with Crippen LogP contribution in [0.4, 0.5) is 10.2 Å². The molecule has 9 heteroatoms. The van der Waals surface area contributed by atoms with Crippen LogP contribution in [0.15, 0.2) is 54.9 Å². The number of carbonyl (C=O) groups excluding carboxylic acids is 2. The Morgan fingerprint density at radius 3 is 2.63 bits per heavy atom. The molecule has 4 aromatic rings. The second-order valence-corrected chi connectivity index (χ2v) is 9.91. The molecule has 0 saturated carbocycles. The number of nitrogens with zero attached hydrogens (tertiary/aromatic N) is 5. The van der Waals surface area contributed by atoms with Gasteiger partial charge in [0.2, 0.25) is 5.91 Å². The lowest BCUT2D eigenvalue weighted by molar-refractivity contribution is -0.134. The van der Waals surface area contributed by atoms with Gasteiger partial charge in [-0.2, -0.15) is 0 Å². The monoisotopic (exact) mass is 514 g/mol. The van der Waals surface area contributed by atoms with E-state index in [0.29, 0.717) is 30.6 Å². The molecule has 4 heterocycles. The fraction of sp³-hybridized carbons (Fsp3) is 0.310. The number of rotatable bonds is 6. The number of halogens is 1. The van der Waals surface area contributed by atoms with E-state index >= 15 is 0 Å². The van der Waals surface area contributed by atoms with Crippen molar-refractivity contribution in [2.24, 2.45) is 7.05 Å². The second-order valence-electron chi connectivity index (χ2n) is 9.91. The van der Waals surface area contributed by atoms with Gasteiger partial charge in [-0.1, -0.05) is 6.07 Å². The number of amides is 2. The van der Waals surface area contributed by atoms with Gasteiger partial charge in [0.15, 0.2) is 0 Å². The number of likely N-dealkylation sites (tertiary alicyclic amines) is 1. The number of carbonyl (C=O) groups is 2. The summed E-state index contributed by atoms with van der Waals surface area (Å²) in [6.45, 7) is 0.978. The van der Waals surface area contributed by atoms with E-state index in [4.69, 9.17) is 0 Å². The van der Waals surface area contributed by atoms with E-state index in [0.717, 1.165) is 33.7 Å². The molecule has 0 bridgehead atoms. The Balaban J connectivity index is 1.33. The van der Waals surface area contributed by atoms with Crippen molar-refractivity contribution < 1.29 is 14.0 Å². The van der Waals surface area contributed by atoms with E-state index < -0.39 is 5.82 Å². The Labute approximate surface area is 221 Å². The number of anilines is 1. The first kappa shape index (κ1) is 25.4. The molecule has 1 aliphatic heterocycles. The second kappa shape index (κ2) is 10.2. The first-order valence-electron chi connectivity index (χ1n) is 12.6. The molecule has 1 aromatic carbocycles. The Hall–Kier alpha value is -4.27. The number of hydrogen-bond donors (Lipinski definition) is 1. The molecule has 1 fully saturated rings. The van der Waals surface area contributed by atoms with Gasteiger partial charge in [0.1, 0.15) is 17.3 Å². The minimum absolute atomic E-state index is 0.0145. The summed E-state index contributed by atoms with van der Waals surface area (Å²) in [4.78, 5) is 37.6.